The lowest BCUT2D eigenvalue weighted by Crippen LogP contribution is -2.34. The molecule has 0 spiro atoms. The van der Waals surface area contributed by atoms with Gasteiger partial charge in [-0.25, -0.2) is 4.57 Å². The van der Waals surface area contributed by atoms with Crippen LogP contribution in [0.25, 0.3) is 0 Å². The van der Waals surface area contributed by atoms with E-state index in [1.807, 2.05) is 18.2 Å². The Hall–Kier alpha value is -3.12. The Morgan fingerprint density at radius 3 is 1.66 bits per heavy atom. The molecule has 0 rings (SSSR count). The summed E-state index contributed by atoms with van der Waals surface area (Å²) < 4.78 is 32.6. The summed E-state index contributed by atoms with van der Waals surface area (Å²) in [6.45, 7) is 2.60. The van der Waals surface area contributed by atoms with E-state index in [0.29, 0.717) is 25.7 Å². The van der Waals surface area contributed by atoms with Gasteiger partial charge in [0.15, 0.2) is 6.10 Å². The number of aliphatic hydroxyl groups excluding tert-OH is 1. The van der Waals surface area contributed by atoms with Crippen LogP contribution >= 0.6 is 7.82 Å². The number of nitrogens with two attached hydrogens (primary N) is 1. The first-order chi connectivity index (χ1) is 29.5. The van der Waals surface area contributed by atoms with Crippen LogP contribution in [-0.4, -0.2) is 71.1 Å². The Morgan fingerprint density at radius 2 is 1.08 bits per heavy atom. The quantitative estimate of drug-likeness (QED) is 0.0149. The van der Waals surface area contributed by atoms with E-state index in [0.717, 1.165) is 51.4 Å². The molecule has 0 amide bonds. The summed E-state index contributed by atoms with van der Waals surface area (Å²) in [5.41, 5.74) is 5.33. The molecule has 350 valence electrons. The number of ether oxygens (including phenoxy) is 2. The van der Waals surface area contributed by atoms with Gasteiger partial charge in [-0.1, -0.05) is 157 Å². The van der Waals surface area contributed by atoms with Gasteiger partial charge in [-0.2, -0.15) is 0 Å². The smallest absolute Gasteiger partial charge is 0.472 e. The monoisotopic (exact) mass is 880 g/mol. The van der Waals surface area contributed by atoms with Gasteiger partial charge in [-0.15, -0.1) is 0 Å². The maximum atomic E-state index is 12.7. The highest BCUT2D eigenvalue weighted by atomic mass is 31.2. The molecule has 0 aromatic rings. The van der Waals surface area contributed by atoms with Crippen LogP contribution < -0.4 is 5.73 Å². The van der Waals surface area contributed by atoms with Gasteiger partial charge in [0, 0.05) is 12.8 Å². The van der Waals surface area contributed by atoms with Gasteiger partial charge in [0.25, 0.3) is 0 Å². The zero-order valence-electron chi connectivity index (χ0n) is 37.6. The van der Waals surface area contributed by atoms with E-state index in [1.165, 1.54) is 70.6 Å². The van der Waals surface area contributed by atoms with Crippen molar-refractivity contribution in [2.45, 2.75) is 193 Å². The number of esters is 2. The molecule has 0 fully saturated rings. The van der Waals surface area contributed by atoms with Gasteiger partial charge in [0.1, 0.15) is 12.6 Å². The largest absolute Gasteiger partial charge is 0.480 e. The minimum atomic E-state index is -4.76. The number of phosphoric ester groups is 1. The molecule has 0 bridgehead atoms. The van der Waals surface area contributed by atoms with Crippen molar-refractivity contribution in [3.05, 3.63) is 72.9 Å². The molecular weight excluding hydrogens is 797 g/mol. The average Bonchev–Trinajstić information content (AvgIpc) is 3.23. The molecule has 0 heterocycles. The number of unbranched alkanes of at least 4 members (excludes halogenated alkanes) is 16. The first-order valence-electron chi connectivity index (χ1n) is 23.1. The van der Waals surface area contributed by atoms with Crippen molar-refractivity contribution in [3.63, 3.8) is 0 Å². The first-order valence-corrected chi connectivity index (χ1v) is 24.6. The molecule has 0 aromatic heterocycles. The van der Waals surface area contributed by atoms with E-state index in [-0.39, 0.29) is 12.8 Å². The van der Waals surface area contributed by atoms with Crippen LogP contribution in [0, 0.1) is 0 Å². The number of carbonyl (C=O) groups excluding carboxylic acids is 2. The van der Waals surface area contributed by atoms with Crippen LogP contribution in [0.3, 0.4) is 0 Å². The average molecular weight is 880 g/mol. The lowest BCUT2D eigenvalue weighted by Gasteiger charge is -2.20. The van der Waals surface area contributed by atoms with Crippen molar-refractivity contribution >= 4 is 25.7 Å². The van der Waals surface area contributed by atoms with E-state index in [4.69, 9.17) is 24.8 Å². The number of carboxylic acid groups (broad SMARTS) is 1. The third kappa shape index (κ3) is 42.0. The Kier molecular flexibility index (Phi) is 40.0. The Bertz CT molecular complexity index is 1330. The molecule has 0 aliphatic rings. The third-order valence-corrected chi connectivity index (χ3v) is 10.5. The lowest BCUT2D eigenvalue weighted by molar-refractivity contribution is -0.161. The second-order valence-electron chi connectivity index (χ2n) is 15.4. The zero-order valence-corrected chi connectivity index (χ0v) is 38.5. The molecule has 0 saturated heterocycles. The van der Waals surface area contributed by atoms with Crippen LogP contribution in [0.5, 0.6) is 0 Å². The lowest BCUT2D eigenvalue weighted by atomic mass is 10.1. The number of hydrogen-bond donors (Lipinski definition) is 4. The summed E-state index contributed by atoms with van der Waals surface area (Å²) in [6.07, 6.45) is 47.0. The summed E-state index contributed by atoms with van der Waals surface area (Å²) >= 11 is 0. The van der Waals surface area contributed by atoms with Crippen molar-refractivity contribution in [2.75, 3.05) is 19.8 Å². The van der Waals surface area contributed by atoms with Crippen molar-refractivity contribution in [1.29, 1.82) is 0 Å². The van der Waals surface area contributed by atoms with Gasteiger partial charge in [0.2, 0.25) is 0 Å². The summed E-state index contributed by atoms with van der Waals surface area (Å²) in [5, 5.41) is 19.0. The third-order valence-electron chi connectivity index (χ3n) is 9.51. The Labute approximate surface area is 368 Å². The molecule has 12 nitrogen and oxygen atoms in total. The molecule has 0 aliphatic carbocycles. The molecule has 0 radical (unpaired) electrons. The number of rotatable bonds is 42. The minimum absolute atomic E-state index is 0.0828. The maximum Gasteiger partial charge on any atom is 0.472 e. The predicted molar refractivity (Wildman–Crippen MR) is 246 cm³/mol. The number of phosphoric acid groups is 1. The van der Waals surface area contributed by atoms with Crippen LogP contribution in [-0.2, 0) is 37.5 Å². The number of carbonyl (C=O) groups is 3. The van der Waals surface area contributed by atoms with E-state index < -0.39 is 63.8 Å². The van der Waals surface area contributed by atoms with Gasteiger partial charge < -0.3 is 30.3 Å². The summed E-state index contributed by atoms with van der Waals surface area (Å²) in [6, 6.07) is -1.55. The van der Waals surface area contributed by atoms with E-state index in [9.17, 15) is 28.9 Å². The second kappa shape index (κ2) is 42.2. The van der Waals surface area contributed by atoms with Crippen LogP contribution in [0.4, 0.5) is 0 Å². The van der Waals surface area contributed by atoms with Gasteiger partial charge in [0.05, 0.1) is 19.3 Å². The van der Waals surface area contributed by atoms with E-state index in [1.54, 1.807) is 18.2 Å². The SMILES string of the molecule is CCCCC/C=C\C/C=C\CCCCCCCCCCCC(=O)O[C@H](COC(=O)CCC/C=C/C=C\C(O)C/C=C\C/C=C\CCCCC)COP(=O)(O)OC[C@H](N)C(=O)O. The highest BCUT2D eigenvalue weighted by Gasteiger charge is 2.28. The molecule has 13 heteroatoms. The zero-order chi connectivity index (χ0) is 45.1. The fourth-order valence-corrected chi connectivity index (χ4v) is 6.59. The predicted octanol–water partition coefficient (Wildman–Crippen LogP) is 11.5. The summed E-state index contributed by atoms with van der Waals surface area (Å²) in [5.74, 6) is -2.54. The summed E-state index contributed by atoms with van der Waals surface area (Å²) in [7, 11) is -4.76. The Morgan fingerprint density at radius 1 is 0.590 bits per heavy atom. The normalized spacial score (nSPS) is 14.8. The van der Waals surface area contributed by atoms with Crippen molar-refractivity contribution in [3.8, 4) is 0 Å². The second-order valence-corrected chi connectivity index (χ2v) is 16.8. The molecule has 2 unspecified atom stereocenters. The fourth-order valence-electron chi connectivity index (χ4n) is 5.81. The first kappa shape index (κ1) is 57.9. The number of hydrogen-bond acceptors (Lipinski definition) is 10. The minimum Gasteiger partial charge on any atom is -0.480 e. The van der Waals surface area contributed by atoms with Crippen molar-refractivity contribution in [2.24, 2.45) is 5.73 Å². The van der Waals surface area contributed by atoms with Gasteiger partial charge in [-0.3, -0.25) is 23.4 Å². The standard InChI is InChI=1S/C48H82NO11P/c1-3-5-7-9-11-13-14-15-16-17-18-19-20-21-22-24-26-30-35-39-47(52)60-44(41-58-61(55,56)59-42-45(49)48(53)54)40-57-46(51)38-34-31-27-29-33-37-43(50)36-32-28-25-23-12-10-8-6-4-2/h11-13,15-16,23,27-29,32-33,37,43-45,50H,3-10,14,17-22,24-26,30-31,34-36,38-42,49H2,1-2H3,(H,53,54)(H,55,56)/b13-11-,16-15-,23-12-,29-27+,32-28-,37-33-/t43?,44-,45+/m1/s1. The van der Waals surface area contributed by atoms with Crippen LogP contribution in [0.15, 0.2) is 72.9 Å². The number of allylic oxidation sites excluding steroid dienone is 10. The van der Waals surface area contributed by atoms with E-state index in [2.05, 4.69) is 54.8 Å². The maximum absolute atomic E-state index is 12.7. The van der Waals surface area contributed by atoms with Crippen LogP contribution in [0.2, 0.25) is 0 Å². The number of aliphatic carboxylic acids is 1. The molecule has 0 aromatic carbocycles. The Balaban J connectivity index is 4.50. The summed E-state index contributed by atoms with van der Waals surface area (Å²) in [4.78, 5) is 46.0. The highest BCUT2D eigenvalue weighted by molar-refractivity contribution is 7.47. The molecular formula is C48H82NO11P. The number of carboxylic acids is 1. The van der Waals surface area contributed by atoms with Crippen molar-refractivity contribution in [1.82, 2.24) is 0 Å². The topological polar surface area (TPSA) is 192 Å². The van der Waals surface area contributed by atoms with E-state index >= 15 is 0 Å². The molecule has 5 N–H and O–H groups in total. The fraction of sp³-hybridized carbons (Fsp3) is 0.688. The molecule has 0 saturated carbocycles. The highest BCUT2D eigenvalue weighted by Crippen LogP contribution is 2.43. The number of aliphatic hydroxyl groups is 1. The van der Waals surface area contributed by atoms with Crippen LogP contribution in [0.1, 0.15) is 174 Å². The van der Waals surface area contributed by atoms with Crippen molar-refractivity contribution < 1.29 is 52.6 Å². The molecule has 4 atom stereocenters. The van der Waals surface area contributed by atoms with Gasteiger partial charge in [-0.05, 0) is 77.0 Å². The molecule has 0 aliphatic heterocycles. The molecule has 61 heavy (non-hydrogen) atoms. The van der Waals surface area contributed by atoms with Gasteiger partial charge >= 0.3 is 25.7 Å².